The molecule has 0 saturated carbocycles. The zero-order valence-corrected chi connectivity index (χ0v) is 28.3. The maximum Gasteiger partial charge on any atom is 0.245 e. The van der Waals surface area contributed by atoms with Gasteiger partial charge in [0.05, 0.1) is 23.4 Å². The molecule has 2 heterocycles. The summed E-state index contributed by atoms with van der Waals surface area (Å²) in [6.45, 7) is 3.85. The van der Waals surface area contributed by atoms with E-state index >= 15 is 0 Å². The molecule has 4 aromatic rings. The number of fused-ring (bicyclic) bond motifs is 1. The number of nitrogens with zero attached hydrogens (tertiary/aromatic N) is 4. The summed E-state index contributed by atoms with van der Waals surface area (Å²) in [6, 6.07) is 12.4. The standard InChI is InChI=1S/C31H37FN7O3PS2/c1-20(28(34)36-30-35-23-11-6-7-12-25(23)44-30)18-27(33)39(4)31-37-29(43(5,40)41)26(45-31)13-9-17-42-24-15-14-21(19-22(24)32)10-8-16-38(2)3/h6-7,11-12,14-15,18-19H,9,13,16-17,33-34H2,1-5H3,(H,35,36)(H,40,41)/b27-18+,28-20+. The van der Waals surface area contributed by atoms with Gasteiger partial charge < -0.3 is 31.3 Å². The molecule has 0 fully saturated rings. The Hall–Kier alpha value is -3.92. The van der Waals surface area contributed by atoms with E-state index in [1.807, 2.05) is 50.2 Å². The molecule has 2 aromatic heterocycles. The summed E-state index contributed by atoms with van der Waals surface area (Å²) < 4.78 is 33.9. The smallest absolute Gasteiger partial charge is 0.245 e. The van der Waals surface area contributed by atoms with Gasteiger partial charge >= 0.3 is 0 Å². The van der Waals surface area contributed by atoms with Gasteiger partial charge in [0, 0.05) is 24.2 Å². The molecule has 0 spiro atoms. The predicted molar refractivity (Wildman–Crippen MR) is 184 cm³/mol. The summed E-state index contributed by atoms with van der Waals surface area (Å²) in [7, 11) is 1.86. The number of para-hydroxylation sites is 1. The van der Waals surface area contributed by atoms with Crippen LogP contribution in [0, 0.1) is 17.7 Å². The molecule has 0 bridgehead atoms. The van der Waals surface area contributed by atoms with E-state index in [1.165, 1.54) is 35.4 Å². The molecule has 0 aliphatic carbocycles. The Kier molecular flexibility index (Phi) is 11.3. The van der Waals surface area contributed by atoms with E-state index in [0.717, 1.165) is 10.2 Å². The minimum absolute atomic E-state index is 0.123. The molecule has 0 radical (unpaired) electrons. The normalized spacial score (nSPS) is 13.6. The molecular weight excluding hydrogens is 632 g/mol. The predicted octanol–water partition coefficient (Wildman–Crippen LogP) is 4.88. The molecule has 45 heavy (non-hydrogen) atoms. The second kappa shape index (κ2) is 14.9. The number of thiazole rings is 2. The summed E-state index contributed by atoms with van der Waals surface area (Å²) in [4.78, 5) is 23.6. The van der Waals surface area contributed by atoms with E-state index in [1.54, 1.807) is 30.2 Å². The highest BCUT2D eigenvalue weighted by Crippen LogP contribution is 2.39. The summed E-state index contributed by atoms with van der Waals surface area (Å²) in [6.07, 6.45) is 2.59. The molecule has 0 aliphatic rings. The Balaban J connectivity index is 1.40. The van der Waals surface area contributed by atoms with Gasteiger partial charge in [-0.3, -0.25) is 9.46 Å². The number of anilines is 2. The van der Waals surface area contributed by atoms with Gasteiger partial charge in [-0.25, -0.2) is 14.4 Å². The summed E-state index contributed by atoms with van der Waals surface area (Å²) >= 11 is 2.76. The largest absolute Gasteiger partial charge is 0.491 e. The number of aromatic nitrogens is 2. The van der Waals surface area contributed by atoms with Crippen LogP contribution < -0.4 is 31.9 Å². The minimum Gasteiger partial charge on any atom is -0.491 e. The number of nitrogens with two attached hydrogens (primary N) is 2. The SMILES string of the molecule is CC(/C=C(\N)N(C)c1nc(P(C)(=O)O)c(CCCOc2ccc(C#CCN(C)C)cc2F)s1)=C(/N)Nc1nc2ccccc2s1. The molecule has 238 valence electrons. The fraction of sp³-hybridized carbons (Fsp3) is 0.290. The Morgan fingerprint density at radius 2 is 1.93 bits per heavy atom. The highest BCUT2D eigenvalue weighted by atomic mass is 32.1. The first-order valence-electron chi connectivity index (χ1n) is 14.0. The van der Waals surface area contributed by atoms with E-state index in [9.17, 15) is 13.8 Å². The van der Waals surface area contributed by atoms with E-state index in [4.69, 9.17) is 16.2 Å². The fourth-order valence-corrected chi connectivity index (χ4v) is 7.45. The average molecular weight is 670 g/mol. The highest BCUT2D eigenvalue weighted by molar-refractivity contribution is 7.65. The topological polar surface area (TPSA) is 143 Å². The number of allylic oxidation sites excluding steroid dienone is 2. The van der Waals surface area contributed by atoms with Crippen LogP contribution >= 0.6 is 30.0 Å². The Morgan fingerprint density at radius 1 is 1.18 bits per heavy atom. The van der Waals surface area contributed by atoms with Crippen molar-refractivity contribution in [3.8, 4) is 17.6 Å². The molecule has 1 unspecified atom stereocenters. The molecule has 6 N–H and O–H groups in total. The van der Waals surface area contributed by atoms with Crippen LogP contribution in [0.3, 0.4) is 0 Å². The van der Waals surface area contributed by atoms with Crippen molar-refractivity contribution in [2.45, 2.75) is 19.8 Å². The van der Waals surface area contributed by atoms with Crippen LogP contribution in [0.2, 0.25) is 0 Å². The second-order valence-electron chi connectivity index (χ2n) is 10.6. The maximum absolute atomic E-state index is 14.5. The van der Waals surface area contributed by atoms with Gasteiger partial charge in [-0.15, -0.1) is 11.3 Å². The van der Waals surface area contributed by atoms with E-state index < -0.39 is 13.2 Å². The number of halogens is 1. The third-order valence-corrected chi connectivity index (χ3v) is 9.87. The maximum atomic E-state index is 14.5. The number of nitrogens with one attached hydrogen (secondary N) is 1. The first kappa shape index (κ1) is 34.0. The van der Waals surface area contributed by atoms with Crippen LogP contribution in [0.1, 0.15) is 23.8 Å². The number of rotatable bonds is 12. The molecular formula is C31H37FN7O3PS2. The van der Waals surface area contributed by atoms with Gasteiger partial charge in [-0.1, -0.05) is 35.3 Å². The molecule has 14 heteroatoms. The Morgan fingerprint density at radius 3 is 2.62 bits per heavy atom. The van der Waals surface area contributed by atoms with Crippen molar-refractivity contribution in [2.24, 2.45) is 11.5 Å². The van der Waals surface area contributed by atoms with Crippen molar-refractivity contribution >= 4 is 56.0 Å². The molecule has 4 rings (SSSR count). The Labute approximate surface area is 270 Å². The van der Waals surface area contributed by atoms with Gasteiger partial charge in [0.1, 0.15) is 17.1 Å². The lowest BCUT2D eigenvalue weighted by molar-refractivity contribution is 0.296. The lowest BCUT2D eigenvalue weighted by atomic mass is 10.2. The van der Waals surface area contributed by atoms with Crippen LogP contribution in [0.4, 0.5) is 14.7 Å². The molecule has 10 nitrogen and oxygen atoms in total. The van der Waals surface area contributed by atoms with Crippen molar-refractivity contribution in [1.29, 1.82) is 0 Å². The van der Waals surface area contributed by atoms with Crippen LogP contribution in [0.15, 0.2) is 65.8 Å². The van der Waals surface area contributed by atoms with Crippen molar-refractivity contribution < 1.29 is 18.6 Å². The van der Waals surface area contributed by atoms with Crippen LogP contribution in [-0.2, 0) is 11.0 Å². The first-order chi connectivity index (χ1) is 21.3. The van der Waals surface area contributed by atoms with Gasteiger partial charge in [-0.05, 0) is 75.8 Å². The van der Waals surface area contributed by atoms with Crippen molar-refractivity contribution in [2.75, 3.05) is 51.2 Å². The van der Waals surface area contributed by atoms with Gasteiger partial charge in [-0.2, -0.15) is 0 Å². The monoisotopic (exact) mass is 669 g/mol. The summed E-state index contributed by atoms with van der Waals surface area (Å²) in [5, 5.41) is 4.24. The first-order valence-corrected chi connectivity index (χ1v) is 17.7. The van der Waals surface area contributed by atoms with Gasteiger partial charge in [0.2, 0.25) is 7.37 Å². The van der Waals surface area contributed by atoms with Crippen molar-refractivity contribution in [3.63, 3.8) is 0 Å². The van der Waals surface area contributed by atoms with Crippen LogP contribution in [0.5, 0.6) is 5.75 Å². The number of ether oxygens (including phenoxy) is 1. The quantitative estimate of drug-likeness (QED) is 0.0714. The number of hydrogen-bond donors (Lipinski definition) is 4. The van der Waals surface area contributed by atoms with Crippen LogP contribution in [-0.4, -0.2) is 60.7 Å². The van der Waals surface area contributed by atoms with E-state index in [-0.39, 0.29) is 17.8 Å². The summed E-state index contributed by atoms with van der Waals surface area (Å²) in [5.74, 6) is 6.26. The Bertz CT molecular complexity index is 1800. The number of aryl methyl sites for hydroxylation is 1. The molecule has 1 atom stereocenters. The van der Waals surface area contributed by atoms with E-state index in [2.05, 4.69) is 27.1 Å². The molecule has 0 saturated heterocycles. The molecule has 2 aromatic carbocycles. The van der Waals surface area contributed by atoms with Crippen molar-refractivity contribution in [3.05, 3.63) is 82.0 Å². The van der Waals surface area contributed by atoms with Crippen molar-refractivity contribution in [1.82, 2.24) is 14.9 Å². The zero-order valence-electron chi connectivity index (χ0n) is 25.8. The third-order valence-electron chi connectivity index (χ3n) is 6.42. The fourth-order valence-electron chi connectivity index (χ4n) is 4.02. The lowest BCUT2D eigenvalue weighted by Gasteiger charge is -2.16. The second-order valence-corrected chi connectivity index (χ2v) is 14.9. The molecule has 0 aliphatic heterocycles. The van der Waals surface area contributed by atoms with Crippen LogP contribution in [0.25, 0.3) is 10.2 Å². The average Bonchev–Trinajstić information content (AvgIpc) is 3.59. The summed E-state index contributed by atoms with van der Waals surface area (Å²) in [5.41, 5.74) is 14.9. The van der Waals surface area contributed by atoms with E-state index in [0.29, 0.717) is 57.3 Å². The molecule has 0 amide bonds. The number of hydrogen-bond acceptors (Lipinski definition) is 11. The third kappa shape index (κ3) is 9.29. The van der Waals surface area contributed by atoms with Gasteiger partial charge in [0.15, 0.2) is 21.8 Å². The van der Waals surface area contributed by atoms with Gasteiger partial charge in [0.25, 0.3) is 0 Å². The minimum atomic E-state index is -3.68. The highest BCUT2D eigenvalue weighted by Gasteiger charge is 2.26. The lowest BCUT2D eigenvalue weighted by Crippen LogP contribution is -2.24. The number of benzene rings is 2. The zero-order chi connectivity index (χ0) is 32.7.